The molecule has 4 nitrogen and oxygen atoms in total. The first kappa shape index (κ1) is 12.5. The molecule has 5 heteroatoms. The van der Waals surface area contributed by atoms with E-state index in [2.05, 4.69) is 21.6 Å². The maximum absolute atomic E-state index is 6.27. The summed E-state index contributed by atoms with van der Waals surface area (Å²) in [5.41, 5.74) is 1.83. The molecular weight excluding hydrogens is 260 g/mol. The highest BCUT2D eigenvalue weighted by atomic mass is 35.5. The lowest BCUT2D eigenvalue weighted by atomic mass is 10.2. The standard InChI is InChI=1S/C14H17ClN4/c15-11-4-5-13(19-9-7-16-8-10-19)18-14(11)12-3-1-2-6-17-12/h1-5,16-17H,6-10H2. The largest absolute Gasteiger partial charge is 0.380 e. The Bertz CT molecular complexity index is 518. The molecule has 0 atom stereocenters. The molecule has 2 aliphatic heterocycles. The minimum Gasteiger partial charge on any atom is -0.380 e. The number of piperazine rings is 1. The van der Waals surface area contributed by atoms with E-state index in [1.54, 1.807) is 0 Å². The first-order valence-corrected chi connectivity index (χ1v) is 6.96. The van der Waals surface area contributed by atoms with E-state index in [0.717, 1.165) is 49.9 Å². The molecule has 2 aliphatic rings. The fraction of sp³-hybridized carbons (Fsp3) is 0.357. The Hall–Kier alpha value is -1.52. The van der Waals surface area contributed by atoms with Gasteiger partial charge in [-0.2, -0.15) is 0 Å². The van der Waals surface area contributed by atoms with Crippen LogP contribution in [0.15, 0.2) is 30.4 Å². The molecule has 1 aromatic heterocycles. The van der Waals surface area contributed by atoms with Crippen LogP contribution in [0.2, 0.25) is 5.02 Å². The second kappa shape index (κ2) is 5.63. The summed E-state index contributed by atoms with van der Waals surface area (Å²) >= 11 is 6.27. The molecular formula is C14H17ClN4. The SMILES string of the molecule is Clc1ccc(N2CCNCC2)nc1C1=CC=CCN1. The molecule has 19 heavy (non-hydrogen) atoms. The summed E-state index contributed by atoms with van der Waals surface area (Å²) in [5.74, 6) is 0.998. The van der Waals surface area contributed by atoms with Gasteiger partial charge in [0.25, 0.3) is 0 Å². The molecule has 0 bridgehead atoms. The number of hydrogen-bond acceptors (Lipinski definition) is 4. The third kappa shape index (κ3) is 2.74. The Morgan fingerprint density at radius 3 is 2.79 bits per heavy atom. The molecule has 100 valence electrons. The van der Waals surface area contributed by atoms with Gasteiger partial charge in [-0.25, -0.2) is 4.98 Å². The van der Waals surface area contributed by atoms with E-state index in [4.69, 9.17) is 16.6 Å². The van der Waals surface area contributed by atoms with Gasteiger partial charge >= 0.3 is 0 Å². The lowest BCUT2D eigenvalue weighted by Gasteiger charge is -2.29. The van der Waals surface area contributed by atoms with E-state index < -0.39 is 0 Å². The van der Waals surface area contributed by atoms with Crippen LogP contribution >= 0.6 is 11.6 Å². The first-order chi connectivity index (χ1) is 9.34. The predicted molar refractivity (Wildman–Crippen MR) is 79.4 cm³/mol. The Morgan fingerprint density at radius 2 is 2.05 bits per heavy atom. The molecule has 0 saturated carbocycles. The zero-order chi connectivity index (χ0) is 13.1. The average molecular weight is 277 g/mol. The average Bonchev–Trinajstić information content (AvgIpc) is 2.49. The number of halogens is 1. The zero-order valence-electron chi connectivity index (χ0n) is 10.7. The number of hydrogen-bond donors (Lipinski definition) is 2. The zero-order valence-corrected chi connectivity index (χ0v) is 11.5. The van der Waals surface area contributed by atoms with Crippen LogP contribution in [0.4, 0.5) is 5.82 Å². The lowest BCUT2D eigenvalue weighted by Crippen LogP contribution is -2.44. The molecule has 1 saturated heterocycles. The Morgan fingerprint density at radius 1 is 1.21 bits per heavy atom. The molecule has 0 aliphatic carbocycles. The van der Waals surface area contributed by atoms with Crippen molar-refractivity contribution >= 4 is 23.1 Å². The van der Waals surface area contributed by atoms with Crippen molar-refractivity contribution in [1.29, 1.82) is 0 Å². The minimum absolute atomic E-state index is 0.688. The van der Waals surface area contributed by atoms with Crippen LogP contribution in [0.5, 0.6) is 0 Å². The highest BCUT2D eigenvalue weighted by Crippen LogP contribution is 2.25. The van der Waals surface area contributed by atoms with Crippen LogP contribution in [0.25, 0.3) is 5.70 Å². The van der Waals surface area contributed by atoms with Crippen LogP contribution < -0.4 is 15.5 Å². The van der Waals surface area contributed by atoms with E-state index in [-0.39, 0.29) is 0 Å². The summed E-state index contributed by atoms with van der Waals surface area (Å²) in [6.07, 6.45) is 6.11. The van der Waals surface area contributed by atoms with E-state index in [0.29, 0.717) is 5.02 Å². The number of anilines is 1. The maximum atomic E-state index is 6.27. The number of rotatable bonds is 2. The number of pyridine rings is 1. The summed E-state index contributed by atoms with van der Waals surface area (Å²) in [5, 5.41) is 7.34. The van der Waals surface area contributed by atoms with E-state index in [9.17, 15) is 0 Å². The summed E-state index contributed by atoms with van der Waals surface area (Å²) in [6.45, 7) is 4.80. The third-order valence-electron chi connectivity index (χ3n) is 3.34. The van der Waals surface area contributed by atoms with Gasteiger partial charge in [0.05, 0.1) is 10.7 Å². The van der Waals surface area contributed by atoms with Crippen molar-refractivity contribution in [3.63, 3.8) is 0 Å². The van der Waals surface area contributed by atoms with Crippen molar-refractivity contribution < 1.29 is 0 Å². The van der Waals surface area contributed by atoms with Gasteiger partial charge in [-0.15, -0.1) is 0 Å². The van der Waals surface area contributed by atoms with Gasteiger partial charge < -0.3 is 15.5 Å². The number of dihydropyridines is 1. The molecule has 1 fully saturated rings. The second-order valence-corrected chi connectivity index (χ2v) is 5.03. The second-order valence-electron chi connectivity index (χ2n) is 4.63. The lowest BCUT2D eigenvalue weighted by molar-refractivity contribution is 0.585. The van der Waals surface area contributed by atoms with Crippen molar-refractivity contribution in [3.8, 4) is 0 Å². The van der Waals surface area contributed by atoms with Crippen molar-refractivity contribution in [2.45, 2.75) is 0 Å². The number of aromatic nitrogens is 1. The summed E-state index contributed by atoms with van der Waals surface area (Å²) < 4.78 is 0. The van der Waals surface area contributed by atoms with Crippen molar-refractivity contribution in [1.82, 2.24) is 15.6 Å². The van der Waals surface area contributed by atoms with Crippen molar-refractivity contribution in [2.24, 2.45) is 0 Å². The van der Waals surface area contributed by atoms with Gasteiger partial charge in [0, 0.05) is 32.7 Å². The Kier molecular flexibility index (Phi) is 3.71. The fourth-order valence-electron chi connectivity index (χ4n) is 2.31. The van der Waals surface area contributed by atoms with Gasteiger partial charge in [-0.3, -0.25) is 0 Å². The van der Waals surface area contributed by atoms with Crippen LogP contribution in [0, 0.1) is 0 Å². The van der Waals surface area contributed by atoms with Gasteiger partial charge in [-0.05, 0) is 18.2 Å². The molecule has 1 aromatic rings. The molecule has 3 heterocycles. The van der Waals surface area contributed by atoms with Crippen molar-refractivity contribution in [2.75, 3.05) is 37.6 Å². The van der Waals surface area contributed by atoms with E-state index in [1.807, 2.05) is 24.3 Å². The normalized spacial score (nSPS) is 19.0. The smallest absolute Gasteiger partial charge is 0.129 e. The highest BCUT2D eigenvalue weighted by Gasteiger charge is 2.15. The number of nitrogens with one attached hydrogen (secondary N) is 2. The van der Waals surface area contributed by atoms with Crippen LogP contribution in [-0.2, 0) is 0 Å². The van der Waals surface area contributed by atoms with Crippen LogP contribution in [0.1, 0.15) is 5.69 Å². The number of nitrogens with zero attached hydrogens (tertiary/aromatic N) is 2. The monoisotopic (exact) mass is 276 g/mol. The molecule has 0 unspecified atom stereocenters. The van der Waals surface area contributed by atoms with Gasteiger partial charge in [-0.1, -0.05) is 23.8 Å². The first-order valence-electron chi connectivity index (χ1n) is 6.58. The molecule has 3 rings (SSSR count). The Labute approximate surface area is 118 Å². The van der Waals surface area contributed by atoms with E-state index in [1.165, 1.54) is 0 Å². The van der Waals surface area contributed by atoms with Crippen molar-refractivity contribution in [3.05, 3.63) is 41.1 Å². The Balaban J connectivity index is 1.91. The summed E-state index contributed by atoms with van der Waals surface area (Å²) in [7, 11) is 0. The van der Waals surface area contributed by atoms with Crippen LogP contribution in [0.3, 0.4) is 0 Å². The minimum atomic E-state index is 0.688. The number of allylic oxidation sites excluding steroid dienone is 2. The van der Waals surface area contributed by atoms with Gasteiger partial charge in [0.1, 0.15) is 11.5 Å². The third-order valence-corrected chi connectivity index (χ3v) is 3.64. The maximum Gasteiger partial charge on any atom is 0.129 e. The molecule has 0 aromatic carbocycles. The molecule has 0 radical (unpaired) electrons. The topological polar surface area (TPSA) is 40.2 Å². The quantitative estimate of drug-likeness (QED) is 0.862. The highest BCUT2D eigenvalue weighted by molar-refractivity contribution is 6.32. The predicted octanol–water partition coefficient (Wildman–Crippen LogP) is 1.64. The van der Waals surface area contributed by atoms with Gasteiger partial charge in [0.15, 0.2) is 0 Å². The molecule has 0 amide bonds. The molecule has 0 spiro atoms. The van der Waals surface area contributed by atoms with E-state index >= 15 is 0 Å². The molecule has 2 N–H and O–H groups in total. The van der Waals surface area contributed by atoms with Crippen LogP contribution in [-0.4, -0.2) is 37.7 Å². The fourth-order valence-corrected chi connectivity index (χ4v) is 2.52. The van der Waals surface area contributed by atoms with Gasteiger partial charge in [0.2, 0.25) is 0 Å². The summed E-state index contributed by atoms with van der Waals surface area (Å²) in [4.78, 5) is 7.01. The summed E-state index contributed by atoms with van der Waals surface area (Å²) in [6, 6.07) is 3.93.